The number of aromatic nitrogens is 1. The van der Waals surface area contributed by atoms with Gasteiger partial charge in [0, 0.05) is 36.5 Å². The molecule has 2 heterocycles. The molecule has 3 rings (SSSR count). The number of carbonyl (C=O) groups is 1. The number of hydrogen-bond donors (Lipinski definition) is 3. The minimum atomic E-state index is -1.17. The van der Waals surface area contributed by atoms with Crippen molar-refractivity contribution in [2.24, 2.45) is 10.7 Å². The maximum Gasteiger partial charge on any atom is 0.335 e. The number of nitrogens with two attached hydrogens (primary N) is 1. The molecule has 0 bridgehead atoms. The lowest BCUT2D eigenvalue weighted by Gasteiger charge is -2.13. The molecule has 7 nitrogen and oxygen atoms in total. The van der Waals surface area contributed by atoms with Crippen LogP contribution in [-0.4, -0.2) is 28.9 Å². The fourth-order valence-corrected chi connectivity index (χ4v) is 3.02. The van der Waals surface area contributed by atoms with E-state index in [4.69, 9.17) is 15.6 Å². The van der Waals surface area contributed by atoms with Gasteiger partial charge in [0.25, 0.3) is 0 Å². The van der Waals surface area contributed by atoms with Gasteiger partial charge in [0.1, 0.15) is 23.2 Å². The number of ether oxygens (including phenoxy) is 1. The zero-order valence-electron chi connectivity index (χ0n) is 15.9. The number of nitrogens with zero attached hydrogens (tertiary/aromatic N) is 2. The molecule has 0 spiro atoms. The van der Waals surface area contributed by atoms with Gasteiger partial charge in [0.05, 0.1) is 12.2 Å². The van der Waals surface area contributed by atoms with Crippen molar-refractivity contribution in [3.8, 4) is 5.75 Å². The van der Waals surface area contributed by atoms with Crippen molar-refractivity contribution in [2.75, 3.05) is 11.9 Å². The van der Waals surface area contributed by atoms with Crippen LogP contribution in [0.25, 0.3) is 5.57 Å². The second-order valence-corrected chi connectivity index (χ2v) is 6.55. The zero-order chi connectivity index (χ0) is 21.0. The summed E-state index contributed by atoms with van der Waals surface area (Å²) in [5.41, 5.74) is 8.51. The summed E-state index contributed by atoms with van der Waals surface area (Å²) in [7, 11) is 0. The van der Waals surface area contributed by atoms with Crippen molar-refractivity contribution in [2.45, 2.75) is 19.9 Å². The third-order valence-corrected chi connectivity index (χ3v) is 4.38. The maximum atomic E-state index is 13.7. The van der Waals surface area contributed by atoms with Gasteiger partial charge in [0.2, 0.25) is 0 Å². The highest BCUT2D eigenvalue weighted by molar-refractivity contribution is 5.88. The first kappa shape index (κ1) is 20.1. The van der Waals surface area contributed by atoms with Gasteiger partial charge in [-0.25, -0.2) is 19.2 Å². The number of fused-ring (bicyclic) bond motifs is 1. The molecule has 4 N–H and O–H groups in total. The van der Waals surface area contributed by atoms with E-state index in [-0.39, 0.29) is 17.9 Å². The van der Waals surface area contributed by atoms with Crippen LogP contribution < -0.4 is 15.8 Å². The number of carboxylic acid groups (broad SMARTS) is 1. The second-order valence-electron chi connectivity index (χ2n) is 6.55. The summed E-state index contributed by atoms with van der Waals surface area (Å²) in [5.74, 6) is -0.190. The number of rotatable bonds is 7. The number of anilines is 1. The fraction of sp³-hybridized carbons (Fsp3) is 0.190. The van der Waals surface area contributed by atoms with Crippen LogP contribution in [-0.2, 0) is 13.0 Å². The molecule has 29 heavy (non-hydrogen) atoms. The summed E-state index contributed by atoms with van der Waals surface area (Å²) >= 11 is 0. The van der Waals surface area contributed by atoms with Gasteiger partial charge in [-0.15, -0.1) is 0 Å². The molecule has 2 aromatic rings. The average Bonchev–Trinajstić information content (AvgIpc) is 3.15. The molecule has 0 atom stereocenters. The molecule has 0 saturated carbocycles. The molecular weight excluding hydrogens is 375 g/mol. The third kappa shape index (κ3) is 4.78. The molecule has 1 aliphatic rings. The Morgan fingerprint density at radius 2 is 2.28 bits per heavy atom. The van der Waals surface area contributed by atoms with Crippen molar-refractivity contribution in [3.05, 3.63) is 70.9 Å². The van der Waals surface area contributed by atoms with E-state index in [2.05, 4.69) is 21.9 Å². The smallest absolute Gasteiger partial charge is 0.335 e. The normalized spacial score (nSPS) is 13.2. The molecule has 0 aliphatic carbocycles. The van der Waals surface area contributed by atoms with Crippen LogP contribution in [0.5, 0.6) is 5.75 Å². The number of carboxylic acids is 1. The quantitative estimate of drug-likeness (QED) is 0.619. The van der Waals surface area contributed by atoms with E-state index in [1.165, 1.54) is 12.1 Å². The minimum Gasteiger partial charge on any atom is -0.492 e. The molecule has 1 aromatic carbocycles. The molecule has 8 heteroatoms. The number of pyridine rings is 1. The summed E-state index contributed by atoms with van der Waals surface area (Å²) in [6.45, 7) is 6.19. The molecule has 0 fully saturated rings. The Morgan fingerprint density at radius 1 is 1.48 bits per heavy atom. The predicted octanol–water partition coefficient (Wildman–Crippen LogP) is 3.37. The van der Waals surface area contributed by atoms with Gasteiger partial charge in [-0.2, -0.15) is 0 Å². The van der Waals surface area contributed by atoms with E-state index >= 15 is 0 Å². The van der Waals surface area contributed by atoms with Crippen molar-refractivity contribution in [1.82, 2.24) is 4.98 Å². The Balaban J connectivity index is 1.83. The fourth-order valence-electron chi connectivity index (χ4n) is 3.02. The molecule has 1 aliphatic heterocycles. The largest absolute Gasteiger partial charge is 0.492 e. The molecule has 0 unspecified atom stereocenters. The van der Waals surface area contributed by atoms with Crippen LogP contribution in [0.3, 0.4) is 0 Å². The first-order valence-electron chi connectivity index (χ1n) is 8.92. The Kier molecular flexibility index (Phi) is 5.92. The second kappa shape index (κ2) is 8.55. The molecule has 0 radical (unpaired) electrons. The van der Waals surface area contributed by atoms with Crippen molar-refractivity contribution in [3.63, 3.8) is 0 Å². The zero-order valence-corrected chi connectivity index (χ0v) is 15.9. The minimum absolute atomic E-state index is 0.0961. The number of aromatic carboxylic acids is 1. The Hall–Kier alpha value is -3.68. The third-order valence-electron chi connectivity index (χ3n) is 4.38. The van der Waals surface area contributed by atoms with Crippen molar-refractivity contribution < 1.29 is 19.0 Å². The summed E-state index contributed by atoms with van der Waals surface area (Å²) in [6.07, 6.45) is 5.74. The predicted molar refractivity (Wildman–Crippen MR) is 110 cm³/mol. The number of benzene rings is 1. The average molecular weight is 396 g/mol. The van der Waals surface area contributed by atoms with E-state index in [0.717, 1.165) is 28.5 Å². The summed E-state index contributed by atoms with van der Waals surface area (Å²) in [6, 6.07) is 3.71. The van der Waals surface area contributed by atoms with Gasteiger partial charge >= 0.3 is 5.97 Å². The van der Waals surface area contributed by atoms with Crippen LogP contribution in [0.1, 0.15) is 34.0 Å². The Labute approximate surface area is 167 Å². The van der Waals surface area contributed by atoms with Gasteiger partial charge in [-0.3, -0.25) is 0 Å². The molecule has 150 valence electrons. The SMILES string of the molecule is C=C(N)/N=C\C=C(/C)c1cnc(NCc2cc(F)cc(C(=O)O)c2)c2c1OCC2. The molecule has 0 saturated heterocycles. The van der Waals surface area contributed by atoms with E-state index in [1.54, 1.807) is 18.5 Å². The number of allylic oxidation sites excluding steroid dienone is 2. The lowest BCUT2D eigenvalue weighted by molar-refractivity contribution is 0.0696. The molecular formula is C21H21FN4O3. The molecule has 0 amide bonds. The van der Waals surface area contributed by atoms with Crippen molar-refractivity contribution in [1.29, 1.82) is 0 Å². The Bertz CT molecular complexity index is 1030. The van der Waals surface area contributed by atoms with E-state index in [9.17, 15) is 9.18 Å². The number of nitrogens with one attached hydrogen (secondary N) is 1. The topological polar surface area (TPSA) is 110 Å². The highest BCUT2D eigenvalue weighted by atomic mass is 19.1. The van der Waals surface area contributed by atoms with Gasteiger partial charge in [0.15, 0.2) is 0 Å². The van der Waals surface area contributed by atoms with Gasteiger partial charge in [-0.05, 0) is 42.3 Å². The maximum absolute atomic E-state index is 13.7. The summed E-state index contributed by atoms with van der Waals surface area (Å²) in [5, 5.41) is 12.2. The highest BCUT2D eigenvalue weighted by Crippen LogP contribution is 2.37. The monoisotopic (exact) mass is 396 g/mol. The lowest BCUT2D eigenvalue weighted by Crippen LogP contribution is -2.06. The van der Waals surface area contributed by atoms with Gasteiger partial charge < -0.3 is 20.9 Å². The first-order chi connectivity index (χ1) is 13.8. The standard InChI is InChI=1S/C21H21FN4O3/c1-12(3-5-24-13(2)23)18-11-26-20(17-4-6-29-19(17)18)25-10-14-7-15(21(27)28)9-16(22)8-14/h3,5,7-9,11H,2,4,6,10,23H2,1H3,(H,25,26)(H,27,28)/b12-3+,24-5-. The summed E-state index contributed by atoms with van der Waals surface area (Å²) < 4.78 is 19.5. The van der Waals surface area contributed by atoms with Crippen LogP contribution in [0, 0.1) is 5.82 Å². The lowest BCUT2D eigenvalue weighted by atomic mass is 10.0. The van der Waals surface area contributed by atoms with E-state index in [0.29, 0.717) is 24.4 Å². The molecule has 1 aromatic heterocycles. The van der Waals surface area contributed by atoms with E-state index in [1.807, 2.05) is 6.92 Å². The van der Waals surface area contributed by atoms with Crippen LogP contribution in [0.15, 0.2) is 47.9 Å². The highest BCUT2D eigenvalue weighted by Gasteiger charge is 2.22. The number of aliphatic imine (C=N–C) groups is 1. The first-order valence-corrected chi connectivity index (χ1v) is 8.92. The van der Waals surface area contributed by atoms with Crippen molar-refractivity contribution >= 4 is 23.6 Å². The van der Waals surface area contributed by atoms with Crippen LogP contribution in [0.4, 0.5) is 10.2 Å². The number of hydrogen-bond acceptors (Lipinski definition) is 6. The summed E-state index contributed by atoms with van der Waals surface area (Å²) in [4.78, 5) is 19.5. The van der Waals surface area contributed by atoms with Crippen LogP contribution >= 0.6 is 0 Å². The van der Waals surface area contributed by atoms with Crippen LogP contribution in [0.2, 0.25) is 0 Å². The Morgan fingerprint density at radius 3 is 3.00 bits per heavy atom. The number of halogens is 1. The van der Waals surface area contributed by atoms with E-state index < -0.39 is 11.8 Å². The van der Waals surface area contributed by atoms with Gasteiger partial charge in [-0.1, -0.05) is 6.58 Å².